The highest BCUT2D eigenvalue weighted by atomic mass is 19.1. The maximum absolute atomic E-state index is 13.1. The lowest BCUT2D eigenvalue weighted by molar-refractivity contribution is -0.139. The minimum atomic E-state index is -1.18. The maximum atomic E-state index is 13.1. The Morgan fingerprint density at radius 2 is 2.22 bits per heavy atom. The quantitative estimate of drug-likeness (QED) is 0.541. The molecule has 0 aliphatic carbocycles. The smallest absolute Gasteiger partial charge is 0.326 e. The zero-order chi connectivity index (χ0) is 13.7. The van der Waals surface area contributed by atoms with Crippen molar-refractivity contribution in [1.29, 1.82) is 0 Å². The zero-order valence-corrected chi connectivity index (χ0v) is 9.52. The Balaban J connectivity index is 2.83. The van der Waals surface area contributed by atoms with Crippen LogP contribution in [0, 0.1) is 5.82 Å². The second kappa shape index (κ2) is 5.81. The van der Waals surface area contributed by atoms with Gasteiger partial charge in [0.25, 0.3) is 5.91 Å². The van der Waals surface area contributed by atoms with Crippen LogP contribution in [0.1, 0.15) is 16.8 Å². The van der Waals surface area contributed by atoms with E-state index in [9.17, 15) is 14.0 Å². The fourth-order valence-electron chi connectivity index (χ4n) is 1.30. The van der Waals surface area contributed by atoms with Crippen molar-refractivity contribution in [3.8, 4) is 0 Å². The van der Waals surface area contributed by atoms with E-state index in [0.717, 1.165) is 6.07 Å². The number of halogens is 1. The molecular formula is C12H13FN2O3. The number of nitrogens with two attached hydrogens (primary N) is 1. The van der Waals surface area contributed by atoms with Crippen LogP contribution < -0.4 is 11.1 Å². The van der Waals surface area contributed by atoms with Gasteiger partial charge in [0.15, 0.2) is 0 Å². The Morgan fingerprint density at radius 1 is 1.56 bits per heavy atom. The third kappa shape index (κ3) is 3.31. The Morgan fingerprint density at radius 3 is 2.72 bits per heavy atom. The van der Waals surface area contributed by atoms with Crippen molar-refractivity contribution >= 4 is 17.6 Å². The first-order valence-electron chi connectivity index (χ1n) is 5.15. The number of nitrogens with one attached hydrogen (secondary N) is 1. The van der Waals surface area contributed by atoms with E-state index >= 15 is 0 Å². The summed E-state index contributed by atoms with van der Waals surface area (Å²) in [5.74, 6) is -2.58. The number of benzene rings is 1. The Hall–Kier alpha value is -2.37. The van der Waals surface area contributed by atoms with Gasteiger partial charge >= 0.3 is 5.97 Å². The topological polar surface area (TPSA) is 92.4 Å². The summed E-state index contributed by atoms with van der Waals surface area (Å²) in [5.41, 5.74) is 5.21. The highest BCUT2D eigenvalue weighted by Crippen LogP contribution is 2.12. The number of carbonyl (C=O) groups excluding carboxylic acids is 1. The molecule has 0 radical (unpaired) electrons. The molecule has 1 aromatic rings. The van der Waals surface area contributed by atoms with E-state index in [4.69, 9.17) is 10.8 Å². The predicted molar refractivity (Wildman–Crippen MR) is 64.5 cm³/mol. The van der Waals surface area contributed by atoms with Crippen LogP contribution in [0.4, 0.5) is 10.1 Å². The van der Waals surface area contributed by atoms with Gasteiger partial charge in [-0.05, 0) is 24.6 Å². The normalized spacial score (nSPS) is 11.6. The number of hydrogen-bond acceptors (Lipinski definition) is 3. The molecule has 4 N–H and O–H groups in total. The lowest BCUT2D eigenvalue weighted by Gasteiger charge is -2.12. The number of carbonyl (C=O) groups is 2. The van der Waals surface area contributed by atoms with Crippen LogP contribution in [0.25, 0.3) is 0 Å². The predicted octanol–water partition coefficient (Wildman–Crippen LogP) is 1.17. The van der Waals surface area contributed by atoms with Gasteiger partial charge in [0, 0.05) is 5.56 Å². The van der Waals surface area contributed by atoms with Crippen molar-refractivity contribution in [3.05, 3.63) is 42.2 Å². The molecule has 0 aliphatic rings. The van der Waals surface area contributed by atoms with Gasteiger partial charge in [-0.1, -0.05) is 6.08 Å². The van der Waals surface area contributed by atoms with Crippen LogP contribution in [0.3, 0.4) is 0 Å². The fourth-order valence-corrected chi connectivity index (χ4v) is 1.30. The standard InChI is InChI=1S/C12H13FN2O3/c1-2-3-10(12(17)18)15-11(16)7-4-5-9(14)8(13)6-7/h2,4-6,10H,1,3,14H2,(H,15,16)(H,17,18). The molecule has 0 saturated carbocycles. The SMILES string of the molecule is C=CCC(NC(=O)c1ccc(N)c(F)c1)C(=O)O. The molecule has 1 amide bonds. The van der Waals surface area contributed by atoms with Crippen molar-refractivity contribution in [1.82, 2.24) is 5.32 Å². The molecule has 0 aromatic heterocycles. The molecule has 5 nitrogen and oxygen atoms in total. The minimum absolute atomic E-state index is 0.0111. The Kier molecular flexibility index (Phi) is 4.42. The number of carboxylic acids is 1. The Labute approximate surface area is 103 Å². The molecule has 0 saturated heterocycles. The second-order valence-electron chi connectivity index (χ2n) is 3.62. The zero-order valence-electron chi connectivity index (χ0n) is 9.52. The van der Waals surface area contributed by atoms with Gasteiger partial charge in [-0.15, -0.1) is 6.58 Å². The number of aliphatic carboxylic acids is 1. The highest BCUT2D eigenvalue weighted by Gasteiger charge is 2.19. The van der Waals surface area contributed by atoms with Crippen molar-refractivity contribution in [3.63, 3.8) is 0 Å². The molecule has 18 heavy (non-hydrogen) atoms. The molecule has 6 heteroatoms. The summed E-state index contributed by atoms with van der Waals surface area (Å²) in [7, 11) is 0. The number of rotatable bonds is 5. The number of amides is 1. The van der Waals surface area contributed by atoms with Crippen LogP contribution in [0.15, 0.2) is 30.9 Å². The summed E-state index contributed by atoms with van der Waals surface area (Å²) in [6, 6.07) is 2.43. The van der Waals surface area contributed by atoms with Crippen LogP contribution in [-0.2, 0) is 4.79 Å². The van der Waals surface area contributed by atoms with E-state index in [1.807, 2.05) is 0 Å². The lowest BCUT2D eigenvalue weighted by atomic mass is 10.1. The van der Waals surface area contributed by atoms with Crippen LogP contribution >= 0.6 is 0 Å². The molecule has 1 aromatic carbocycles. The second-order valence-corrected chi connectivity index (χ2v) is 3.62. The summed E-state index contributed by atoms with van der Waals surface area (Å²) in [5, 5.41) is 11.1. The largest absolute Gasteiger partial charge is 0.480 e. The third-order valence-electron chi connectivity index (χ3n) is 2.27. The number of hydrogen-bond donors (Lipinski definition) is 3. The average Bonchev–Trinajstić information content (AvgIpc) is 2.31. The summed E-state index contributed by atoms with van der Waals surface area (Å²) < 4.78 is 13.1. The van der Waals surface area contributed by atoms with Crippen LogP contribution in [0.5, 0.6) is 0 Å². The van der Waals surface area contributed by atoms with E-state index in [1.54, 1.807) is 0 Å². The lowest BCUT2D eigenvalue weighted by Crippen LogP contribution is -2.40. The summed E-state index contributed by atoms with van der Waals surface area (Å²) >= 11 is 0. The molecule has 0 aliphatic heterocycles. The maximum Gasteiger partial charge on any atom is 0.326 e. The molecular weight excluding hydrogens is 239 g/mol. The van der Waals surface area contributed by atoms with Gasteiger partial charge in [-0.2, -0.15) is 0 Å². The Bertz CT molecular complexity index is 488. The van der Waals surface area contributed by atoms with Gasteiger partial charge in [0.2, 0.25) is 0 Å². The minimum Gasteiger partial charge on any atom is -0.480 e. The molecule has 0 fully saturated rings. The van der Waals surface area contributed by atoms with Crippen LogP contribution in [0.2, 0.25) is 0 Å². The molecule has 96 valence electrons. The van der Waals surface area contributed by atoms with E-state index in [2.05, 4.69) is 11.9 Å². The fraction of sp³-hybridized carbons (Fsp3) is 0.167. The first-order valence-corrected chi connectivity index (χ1v) is 5.15. The van der Waals surface area contributed by atoms with E-state index in [-0.39, 0.29) is 17.7 Å². The monoisotopic (exact) mass is 252 g/mol. The van der Waals surface area contributed by atoms with Crippen molar-refractivity contribution < 1.29 is 19.1 Å². The third-order valence-corrected chi connectivity index (χ3v) is 2.27. The summed E-state index contributed by atoms with van der Waals surface area (Å²) in [4.78, 5) is 22.5. The number of anilines is 1. The molecule has 1 atom stereocenters. The molecule has 0 heterocycles. The highest BCUT2D eigenvalue weighted by molar-refractivity contribution is 5.96. The molecule has 0 spiro atoms. The average molecular weight is 252 g/mol. The first kappa shape index (κ1) is 13.7. The van der Waals surface area contributed by atoms with Crippen molar-refractivity contribution in [2.75, 3.05) is 5.73 Å². The van der Waals surface area contributed by atoms with Crippen molar-refractivity contribution in [2.24, 2.45) is 0 Å². The molecule has 0 bridgehead atoms. The first-order chi connectivity index (χ1) is 8.45. The van der Waals surface area contributed by atoms with E-state index in [0.29, 0.717) is 0 Å². The van der Waals surface area contributed by atoms with Crippen molar-refractivity contribution in [2.45, 2.75) is 12.5 Å². The number of carboxylic acid groups (broad SMARTS) is 1. The number of nitrogen functional groups attached to an aromatic ring is 1. The van der Waals surface area contributed by atoms with Gasteiger partial charge in [0.1, 0.15) is 11.9 Å². The molecule has 1 rings (SSSR count). The molecule has 1 unspecified atom stereocenters. The van der Waals surface area contributed by atoms with Crippen LogP contribution in [-0.4, -0.2) is 23.0 Å². The van der Waals surface area contributed by atoms with E-state index in [1.165, 1.54) is 18.2 Å². The summed E-state index contributed by atoms with van der Waals surface area (Å²) in [6.45, 7) is 3.40. The van der Waals surface area contributed by atoms with Gasteiger partial charge in [0.05, 0.1) is 5.69 Å². The van der Waals surface area contributed by atoms with Gasteiger partial charge < -0.3 is 16.2 Å². The van der Waals surface area contributed by atoms with Gasteiger partial charge in [-0.3, -0.25) is 4.79 Å². The van der Waals surface area contributed by atoms with E-state index < -0.39 is 23.7 Å². The van der Waals surface area contributed by atoms with Gasteiger partial charge in [-0.25, -0.2) is 9.18 Å². The summed E-state index contributed by atoms with van der Waals surface area (Å²) in [6.07, 6.45) is 1.46.